The zero-order valence-electron chi connectivity index (χ0n) is 20.3. The van der Waals surface area contributed by atoms with Gasteiger partial charge in [-0.3, -0.25) is 19.5 Å². The number of carbonyl (C=O) groups is 3. The Labute approximate surface area is 207 Å². The highest BCUT2D eigenvalue weighted by molar-refractivity contribution is 6.05. The molecule has 2 aromatic carbocycles. The smallest absolute Gasteiger partial charge is 0.255 e. The van der Waals surface area contributed by atoms with Crippen molar-refractivity contribution in [2.45, 2.75) is 33.7 Å². The van der Waals surface area contributed by atoms with E-state index >= 15 is 0 Å². The minimum Gasteiger partial charge on any atom is -0.334 e. The van der Waals surface area contributed by atoms with Gasteiger partial charge in [-0.2, -0.15) is 5.10 Å². The summed E-state index contributed by atoms with van der Waals surface area (Å²) < 4.78 is 0. The Morgan fingerprint density at radius 1 is 0.972 bits per heavy atom. The fraction of sp³-hybridized carbons (Fsp3) is 0.222. The van der Waals surface area contributed by atoms with Gasteiger partial charge in [0.2, 0.25) is 5.91 Å². The van der Waals surface area contributed by atoms with Gasteiger partial charge < -0.3 is 15.5 Å². The third-order valence-corrected chi connectivity index (χ3v) is 6.40. The number of nitrogens with zero attached hydrogens (tertiary/aromatic N) is 3. The van der Waals surface area contributed by atoms with Gasteiger partial charge in [0.15, 0.2) is 5.65 Å². The predicted molar refractivity (Wildman–Crippen MR) is 137 cm³/mol. The van der Waals surface area contributed by atoms with Crippen LogP contribution in [0, 0.1) is 13.8 Å². The van der Waals surface area contributed by atoms with Crippen LogP contribution >= 0.6 is 0 Å². The monoisotopic (exact) mass is 482 g/mol. The summed E-state index contributed by atoms with van der Waals surface area (Å²) in [6, 6.07) is 12.7. The van der Waals surface area contributed by atoms with Crippen LogP contribution in [0.4, 0.5) is 11.4 Å². The third-order valence-electron chi connectivity index (χ3n) is 6.40. The number of fused-ring (bicyclic) bond motifs is 2. The van der Waals surface area contributed by atoms with Crippen LogP contribution in [0.25, 0.3) is 11.0 Å². The molecule has 9 heteroatoms. The maximum atomic E-state index is 13.3. The number of hydrogen-bond donors (Lipinski definition) is 3. The van der Waals surface area contributed by atoms with Crippen LogP contribution in [0.15, 0.2) is 48.7 Å². The Kier molecular flexibility index (Phi) is 5.97. The topological polar surface area (TPSA) is 120 Å². The van der Waals surface area contributed by atoms with E-state index < -0.39 is 0 Å². The molecule has 1 aliphatic rings. The highest BCUT2D eigenvalue weighted by atomic mass is 16.2. The fourth-order valence-electron chi connectivity index (χ4n) is 4.52. The van der Waals surface area contributed by atoms with E-state index in [1.165, 1.54) is 6.92 Å². The Bertz CT molecular complexity index is 1520. The molecule has 9 nitrogen and oxygen atoms in total. The van der Waals surface area contributed by atoms with E-state index in [0.29, 0.717) is 47.7 Å². The van der Waals surface area contributed by atoms with Crippen molar-refractivity contribution in [3.05, 3.63) is 82.2 Å². The average molecular weight is 483 g/mol. The molecule has 3 heterocycles. The zero-order valence-corrected chi connectivity index (χ0v) is 20.3. The minimum atomic E-state index is -0.243. The lowest BCUT2D eigenvalue weighted by Crippen LogP contribution is -2.36. The third kappa shape index (κ3) is 4.55. The number of nitrogens with one attached hydrogen (secondary N) is 3. The summed E-state index contributed by atoms with van der Waals surface area (Å²) in [5, 5.41) is 13.5. The maximum absolute atomic E-state index is 13.3. The second-order valence-electron chi connectivity index (χ2n) is 9.07. The van der Waals surface area contributed by atoms with Gasteiger partial charge in [0.1, 0.15) is 0 Å². The molecule has 3 N–H and O–H groups in total. The first-order valence-electron chi connectivity index (χ1n) is 11.7. The minimum absolute atomic E-state index is 0.0720. The molecule has 0 saturated heterocycles. The SMILES string of the molecule is CC(=O)Nc1ccc(C(=O)N2CCc3ccc(C(=O)Nc4cnc5n[nH]c(C)c5c4)cc3C2)c(C)c1. The molecule has 0 aliphatic carbocycles. The number of benzene rings is 2. The van der Waals surface area contributed by atoms with Gasteiger partial charge in [-0.25, -0.2) is 4.98 Å². The number of hydrogen-bond acceptors (Lipinski definition) is 5. The summed E-state index contributed by atoms with van der Waals surface area (Å²) in [4.78, 5) is 43.7. The lowest BCUT2D eigenvalue weighted by Gasteiger charge is -2.30. The molecule has 36 heavy (non-hydrogen) atoms. The van der Waals surface area contributed by atoms with Crippen LogP contribution in [-0.2, 0) is 17.8 Å². The highest BCUT2D eigenvalue weighted by Crippen LogP contribution is 2.25. The summed E-state index contributed by atoms with van der Waals surface area (Å²) in [7, 11) is 0. The molecular weight excluding hydrogens is 456 g/mol. The fourth-order valence-corrected chi connectivity index (χ4v) is 4.52. The van der Waals surface area contributed by atoms with Gasteiger partial charge in [0, 0.05) is 47.9 Å². The molecule has 0 radical (unpaired) electrons. The molecule has 0 unspecified atom stereocenters. The number of anilines is 2. The van der Waals surface area contributed by atoms with Crippen molar-refractivity contribution in [3.63, 3.8) is 0 Å². The number of carbonyl (C=O) groups excluding carboxylic acids is 3. The summed E-state index contributed by atoms with van der Waals surface area (Å²) in [5.41, 5.74) is 6.72. The molecule has 0 fully saturated rings. The molecule has 1 aliphatic heterocycles. The summed E-state index contributed by atoms with van der Waals surface area (Å²) in [6.45, 7) is 6.22. The van der Waals surface area contributed by atoms with E-state index in [1.54, 1.807) is 29.3 Å². The number of aromatic amines is 1. The molecule has 5 rings (SSSR count). The number of H-pyrrole nitrogens is 1. The van der Waals surface area contributed by atoms with Crippen molar-refractivity contribution in [1.82, 2.24) is 20.1 Å². The second-order valence-corrected chi connectivity index (χ2v) is 9.07. The molecule has 182 valence electrons. The van der Waals surface area contributed by atoms with Gasteiger partial charge in [0.25, 0.3) is 11.8 Å². The van der Waals surface area contributed by atoms with Crippen molar-refractivity contribution in [2.24, 2.45) is 0 Å². The van der Waals surface area contributed by atoms with Gasteiger partial charge in [-0.05, 0) is 73.4 Å². The van der Waals surface area contributed by atoms with Crippen LogP contribution in [0.2, 0.25) is 0 Å². The summed E-state index contributed by atoms with van der Waals surface area (Å²) in [6.07, 6.45) is 2.30. The van der Waals surface area contributed by atoms with Crippen LogP contribution in [0.3, 0.4) is 0 Å². The normalized spacial score (nSPS) is 12.8. The number of amides is 3. The van der Waals surface area contributed by atoms with Gasteiger partial charge >= 0.3 is 0 Å². The Morgan fingerprint density at radius 2 is 1.81 bits per heavy atom. The van der Waals surface area contributed by atoms with Crippen LogP contribution in [-0.4, -0.2) is 44.3 Å². The molecule has 4 aromatic rings. The Hall–Kier alpha value is -4.53. The van der Waals surface area contributed by atoms with E-state index in [4.69, 9.17) is 0 Å². The van der Waals surface area contributed by atoms with E-state index in [1.807, 2.05) is 38.1 Å². The molecule has 0 atom stereocenters. The zero-order chi connectivity index (χ0) is 25.4. The van der Waals surface area contributed by atoms with Gasteiger partial charge in [-0.1, -0.05) is 6.07 Å². The first kappa shape index (κ1) is 23.2. The van der Waals surface area contributed by atoms with Gasteiger partial charge in [-0.15, -0.1) is 0 Å². The Morgan fingerprint density at radius 3 is 2.58 bits per heavy atom. The second kappa shape index (κ2) is 9.26. The number of rotatable bonds is 4. The first-order chi connectivity index (χ1) is 17.3. The molecule has 0 spiro atoms. The van der Waals surface area contributed by atoms with Gasteiger partial charge in [0.05, 0.1) is 11.9 Å². The molecule has 0 bridgehead atoms. The van der Waals surface area contributed by atoms with E-state index in [9.17, 15) is 14.4 Å². The number of pyridine rings is 1. The van der Waals surface area contributed by atoms with Crippen molar-refractivity contribution < 1.29 is 14.4 Å². The van der Waals surface area contributed by atoms with Crippen molar-refractivity contribution >= 4 is 40.1 Å². The summed E-state index contributed by atoms with van der Waals surface area (Å²) >= 11 is 0. The first-order valence-corrected chi connectivity index (χ1v) is 11.7. The lowest BCUT2D eigenvalue weighted by atomic mass is 9.96. The van der Waals surface area contributed by atoms with Crippen molar-refractivity contribution in [2.75, 3.05) is 17.2 Å². The standard InChI is InChI=1S/C27H26N6O3/c1-15-10-21(29-17(3)34)6-7-23(15)27(36)33-9-8-18-4-5-19(11-20(18)14-33)26(35)30-22-12-24-16(2)31-32-25(24)28-13-22/h4-7,10-13H,8-9,14H2,1-3H3,(H,29,34)(H,30,35)(H,28,31,32). The molecular formula is C27H26N6O3. The van der Waals surface area contributed by atoms with E-state index in [2.05, 4.69) is 25.8 Å². The van der Waals surface area contributed by atoms with Crippen LogP contribution in [0.1, 0.15) is 50.0 Å². The van der Waals surface area contributed by atoms with E-state index in [0.717, 1.165) is 27.8 Å². The average Bonchev–Trinajstić information content (AvgIpc) is 3.22. The van der Waals surface area contributed by atoms with Crippen LogP contribution < -0.4 is 10.6 Å². The molecule has 2 aromatic heterocycles. The molecule has 0 saturated carbocycles. The van der Waals surface area contributed by atoms with Crippen molar-refractivity contribution in [1.29, 1.82) is 0 Å². The quantitative estimate of drug-likeness (QED) is 0.406. The largest absolute Gasteiger partial charge is 0.334 e. The summed E-state index contributed by atoms with van der Waals surface area (Å²) in [5.74, 6) is -0.473. The van der Waals surface area contributed by atoms with E-state index in [-0.39, 0.29) is 17.7 Å². The Balaban J connectivity index is 1.32. The highest BCUT2D eigenvalue weighted by Gasteiger charge is 2.24. The van der Waals surface area contributed by atoms with Crippen LogP contribution in [0.5, 0.6) is 0 Å². The van der Waals surface area contributed by atoms with Crippen molar-refractivity contribution in [3.8, 4) is 0 Å². The maximum Gasteiger partial charge on any atom is 0.255 e. The number of aryl methyl sites for hydroxylation is 2. The molecule has 3 amide bonds. The lowest BCUT2D eigenvalue weighted by molar-refractivity contribution is -0.114. The number of aromatic nitrogens is 3. The predicted octanol–water partition coefficient (Wildman–Crippen LogP) is 3.98.